The molecule has 0 aromatic heterocycles. The van der Waals surface area contributed by atoms with E-state index in [1.807, 2.05) is 12.1 Å². The van der Waals surface area contributed by atoms with Crippen LogP contribution in [-0.4, -0.2) is 41.4 Å². The van der Waals surface area contributed by atoms with Gasteiger partial charge in [-0.3, -0.25) is 14.9 Å². The summed E-state index contributed by atoms with van der Waals surface area (Å²) in [5.74, 6) is -4.67. The monoisotopic (exact) mass is 463 g/mol. The molecule has 1 N–H and O–H groups in total. The van der Waals surface area contributed by atoms with Crippen molar-refractivity contribution in [2.75, 3.05) is 13.7 Å². The normalized spacial score (nSPS) is 27.6. The highest BCUT2D eigenvalue weighted by Crippen LogP contribution is 2.60. The number of nitro groups is 1. The number of benzene rings is 2. The summed E-state index contributed by atoms with van der Waals surface area (Å²) in [5.41, 5.74) is -3.94. The second-order valence-corrected chi connectivity index (χ2v) is 8.38. The van der Waals surface area contributed by atoms with Crippen molar-refractivity contribution < 1.29 is 24.3 Å². The minimum Gasteiger partial charge on any atom is -0.497 e. The second-order valence-electron chi connectivity index (χ2n) is 8.38. The van der Waals surface area contributed by atoms with Gasteiger partial charge in [-0.25, -0.2) is 0 Å². The van der Waals surface area contributed by atoms with Crippen LogP contribution < -0.4 is 4.74 Å². The van der Waals surface area contributed by atoms with E-state index in [1.165, 1.54) is 14.0 Å². The Labute approximate surface area is 197 Å². The third kappa shape index (κ3) is 3.74. The summed E-state index contributed by atoms with van der Waals surface area (Å²) in [6.07, 6.45) is 0. The van der Waals surface area contributed by atoms with Gasteiger partial charge in [-0.2, -0.15) is 10.5 Å². The van der Waals surface area contributed by atoms with Gasteiger partial charge < -0.3 is 14.6 Å². The van der Waals surface area contributed by atoms with Crippen LogP contribution in [0.15, 0.2) is 54.6 Å². The molecule has 5 atom stereocenters. The first-order valence-corrected chi connectivity index (χ1v) is 10.7. The van der Waals surface area contributed by atoms with Gasteiger partial charge in [0.1, 0.15) is 17.3 Å². The molecule has 2 aromatic carbocycles. The predicted octanol–water partition coefficient (Wildman–Crippen LogP) is 3.19. The van der Waals surface area contributed by atoms with E-state index < -0.39 is 45.7 Å². The molecule has 2 aromatic rings. The second kappa shape index (κ2) is 9.50. The van der Waals surface area contributed by atoms with Gasteiger partial charge in [-0.1, -0.05) is 42.5 Å². The van der Waals surface area contributed by atoms with Crippen LogP contribution in [0.3, 0.4) is 0 Å². The molecular weight excluding hydrogens is 438 g/mol. The van der Waals surface area contributed by atoms with Gasteiger partial charge >= 0.3 is 5.97 Å². The lowest BCUT2D eigenvalue weighted by Crippen LogP contribution is -2.66. The molecule has 1 aliphatic carbocycles. The van der Waals surface area contributed by atoms with Crippen molar-refractivity contribution in [2.45, 2.75) is 37.3 Å². The van der Waals surface area contributed by atoms with Crippen LogP contribution in [-0.2, 0) is 9.53 Å². The van der Waals surface area contributed by atoms with Crippen molar-refractivity contribution in [3.63, 3.8) is 0 Å². The van der Waals surface area contributed by atoms with Crippen LogP contribution in [0.4, 0.5) is 0 Å². The summed E-state index contributed by atoms with van der Waals surface area (Å²) in [7, 11) is 1.44. The molecule has 0 bridgehead atoms. The lowest BCUT2D eigenvalue weighted by atomic mass is 9.48. The number of ether oxygens (including phenoxy) is 2. The van der Waals surface area contributed by atoms with Gasteiger partial charge in [0, 0.05) is 4.92 Å². The summed E-state index contributed by atoms with van der Waals surface area (Å²) in [6, 6.07) is 16.7. The minimum atomic E-state index is -2.32. The Balaban J connectivity index is 2.43. The Morgan fingerprint density at radius 2 is 1.76 bits per heavy atom. The number of carbonyl (C=O) groups excluding carboxylic acids is 1. The van der Waals surface area contributed by atoms with Crippen molar-refractivity contribution in [1.29, 1.82) is 10.5 Å². The maximum Gasteiger partial charge on any atom is 0.312 e. The van der Waals surface area contributed by atoms with E-state index in [9.17, 15) is 30.5 Å². The molecule has 1 saturated carbocycles. The van der Waals surface area contributed by atoms with Crippen LogP contribution in [0.2, 0.25) is 0 Å². The van der Waals surface area contributed by atoms with Gasteiger partial charge in [-0.15, -0.1) is 0 Å². The average molecular weight is 463 g/mol. The number of carbonyl (C=O) groups is 1. The lowest BCUT2D eigenvalue weighted by Gasteiger charge is -2.52. The Bertz CT molecular complexity index is 1140. The lowest BCUT2D eigenvalue weighted by molar-refractivity contribution is -0.541. The van der Waals surface area contributed by atoms with E-state index in [0.717, 1.165) is 0 Å². The fourth-order valence-electron chi connectivity index (χ4n) is 5.17. The first-order valence-electron chi connectivity index (χ1n) is 10.7. The third-order valence-electron chi connectivity index (χ3n) is 6.71. The number of hydrogen-bond acceptors (Lipinski definition) is 8. The molecule has 0 amide bonds. The molecule has 3 rings (SSSR count). The molecule has 34 heavy (non-hydrogen) atoms. The molecule has 9 nitrogen and oxygen atoms in total. The quantitative estimate of drug-likeness (QED) is 0.390. The molecule has 176 valence electrons. The van der Waals surface area contributed by atoms with Gasteiger partial charge in [0.2, 0.25) is 6.04 Å². The number of hydrogen-bond donors (Lipinski definition) is 1. The van der Waals surface area contributed by atoms with Crippen LogP contribution >= 0.6 is 0 Å². The predicted molar refractivity (Wildman–Crippen MR) is 120 cm³/mol. The maximum atomic E-state index is 13.2. The van der Waals surface area contributed by atoms with Crippen LogP contribution in [0.5, 0.6) is 5.75 Å². The van der Waals surface area contributed by atoms with E-state index in [1.54, 1.807) is 61.5 Å². The van der Waals surface area contributed by atoms with Crippen molar-refractivity contribution in [1.82, 2.24) is 0 Å². The highest BCUT2D eigenvalue weighted by Gasteiger charge is 2.73. The standard InChI is InChI=1S/C25H25N3O6/c1-4-34-23(29)21-19(17-11-8-12-18(13-17)33-3)22(28(31)32)20(16-9-6-5-7-10-16)25(14-26,15-27)24(21,2)30/h5-13,19-22,30H,4H2,1-3H3/t19-,20-,21+,22+,24-/m1/s1. The molecule has 1 fully saturated rings. The molecule has 0 radical (unpaired) electrons. The first-order chi connectivity index (χ1) is 16.2. The zero-order valence-corrected chi connectivity index (χ0v) is 19.0. The van der Waals surface area contributed by atoms with Crippen molar-refractivity contribution in [2.24, 2.45) is 11.3 Å². The van der Waals surface area contributed by atoms with Crippen LogP contribution in [0.1, 0.15) is 36.8 Å². The molecule has 0 spiro atoms. The molecule has 1 aliphatic rings. The highest BCUT2D eigenvalue weighted by molar-refractivity contribution is 5.77. The van der Waals surface area contributed by atoms with Crippen molar-refractivity contribution >= 4 is 5.97 Å². The smallest absolute Gasteiger partial charge is 0.312 e. The Kier molecular flexibility index (Phi) is 6.90. The summed E-state index contributed by atoms with van der Waals surface area (Å²) in [6.45, 7) is 2.73. The number of nitrogens with zero attached hydrogens (tertiary/aromatic N) is 3. The first kappa shape index (κ1) is 24.7. The molecule has 0 heterocycles. The number of nitriles is 2. The third-order valence-corrected chi connectivity index (χ3v) is 6.71. The average Bonchev–Trinajstić information content (AvgIpc) is 2.83. The number of rotatable bonds is 6. The molecule has 0 unspecified atom stereocenters. The summed E-state index contributed by atoms with van der Waals surface area (Å²) >= 11 is 0. The largest absolute Gasteiger partial charge is 0.497 e. The number of esters is 1. The molecular formula is C25H25N3O6. The van der Waals surface area contributed by atoms with Gasteiger partial charge in [0.15, 0.2) is 5.41 Å². The van der Waals surface area contributed by atoms with Gasteiger partial charge in [0.05, 0.1) is 37.7 Å². The van der Waals surface area contributed by atoms with Gasteiger partial charge in [-0.05, 0) is 37.1 Å². The number of aliphatic hydroxyl groups is 1. The zero-order chi connectivity index (χ0) is 25.1. The summed E-state index contributed by atoms with van der Waals surface area (Å²) in [5, 5.41) is 45.0. The van der Waals surface area contributed by atoms with E-state index >= 15 is 0 Å². The SMILES string of the molecule is CCOC(=O)[C@@H]1[C@@H](c2cccc(OC)c2)[C@H]([N+](=O)[O-])[C@@H](c2ccccc2)C(C#N)(C#N)[C@]1(C)O. The maximum absolute atomic E-state index is 13.2. The fraction of sp³-hybridized carbons (Fsp3) is 0.400. The summed E-state index contributed by atoms with van der Waals surface area (Å²) in [4.78, 5) is 25.3. The van der Waals surface area contributed by atoms with Crippen LogP contribution in [0, 0.1) is 44.1 Å². The van der Waals surface area contributed by atoms with E-state index in [-0.39, 0.29) is 6.61 Å². The van der Waals surface area contributed by atoms with E-state index in [2.05, 4.69) is 0 Å². The Morgan fingerprint density at radius 3 is 2.29 bits per heavy atom. The van der Waals surface area contributed by atoms with Gasteiger partial charge in [0.25, 0.3) is 0 Å². The van der Waals surface area contributed by atoms with E-state index in [0.29, 0.717) is 16.9 Å². The number of methoxy groups -OCH3 is 1. The zero-order valence-electron chi connectivity index (χ0n) is 19.0. The Morgan fingerprint density at radius 1 is 1.15 bits per heavy atom. The topological polar surface area (TPSA) is 146 Å². The molecule has 0 saturated heterocycles. The molecule has 0 aliphatic heterocycles. The Hall–Kier alpha value is -3.95. The fourth-order valence-corrected chi connectivity index (χ4v) is 5.17. The highest BCUT2D eigenvalue weighted by atomic mass is 16.6. The minimum absolute atomic E-state index is 0.0480. The van der Waals surface area contributed by atoms with E-state index in [4.69, 9.17) is 9.47 Å². The van der Waals surface area contributed by atoms with Crippen LogP contribution in [0.25, 0.3) is 0 Å². The summed E-state index contributed by atoms with van der Waals surface area (Å²) < 4.78 is 10.5. The van der Waals surface area contributed by atoms with Crippen molar-refractivity contribution in [3.8, 4) is 17.9 Å². The molecule has 9 heteroatoms. The van der Waals surface area contributed by atoms with Crippen molar-refractivity contribution in [3.05, 3.63) is 75.8 Å².